The summed E-state index contributed by atoms with van der Waals surface area (Å²) in [5.74, 6) is -0.215. The lowest BCUT2D eigenvalue weighted by Crippen LogP contribution is -2.38. The van der Waals surface area contributed by atoms with Crippen LogP contribution < -0.4 is 0 Å². The van der Waals surface area contributed by atoms with E-state index in [1.165, 1.54) is 10.5 Å². The Morgan fingerprint density at radius 3 is 2.95 bits per heavy atom. The normalized spacial score (nSPS) is 26.1. The Morgan fingerprint density at radius 2 is 2.35 bits per heavy atom. The molecular weight excluding hydrogens is 282 g/mol. The standard InChI is InChI=1S/C12H17N3O4S/c1-2-19-12(16)10-6-13-14-11(10)20(17,18)15-7-8-3-4-9(15)5-8/h6,8-9H,2-5,7H2,1H3,(H,13,14). The average molecular weight is 299 g/mol. The van der Waals surface area contributed by atoms with Crippen molar-refractivity contribution in [2.45, 2.75) is 37.3 Å². The van der Waals surface area contributed by atoms with Crippen molar-refractivity contribution < 1.29 is 17.9 Å². The zero-order valence-corrected chi connectivity index (χ0v) is 12.0. The molecule has 1 aliphatic carbocycles. The van der Waals surface area contributed by atoms with E-state index in [1.807, 2.05) is 0 Å². The molecule has 2 bridgehead atoms. The lowest BCUT2D eigenvalue weighted by atomic mass is 10.1. The molecule has 1 saturated carbocycles. The summed E-state index contributed by atoms with van der Waals surface area (Å²) in [5, 5.41) is 5.99. The maximum absolute atomic E-state index is 12.7. The second-order valence-electron chi connectivity index (χ2n) is 5.24. The summed E-state index contributed by atoms with van der Waals surface area (Å²) in [6.07, 6.45) is 4.11. The van der Waals surface area contributed by atoms with Crippen LogP contribution in [0.4, 0.5) is 0 Å². The van der Waals surface area contributed by atoms with Crippen LogP contribution in [0.2, 0.25) is 0 Å². The van der Waals surface area contributed by atoms with Gasteiger partial charge < -0.3 is 4.74 Å². The van der Waals surface area contributed by atoms with Crippen molar-refractivity contribution in [2.24, 2.45) is 5.92 Å². The van der Waals surface area contributed by atoms with E-state index in [1.54, 1.807) is 6.92 Å². The van der Waals surface area contributed by atoms with Gasteiger partial charge in [0.15, 0.2) is 5.03 Å². The Balaban J connectivity index is 1.92. The number of hydrogen-bond acceptors (Lipinski definition) is 5. The molecule has 1 aliphatic heterocycles. The number of nitrogens with zero attached hydrogens (tertiary/aromatic N) is 2. The van der Waals surface area contributed by atoms with Crippen LogP contribution in [0.25, 0.3) is 0 Å². The third-order valence-corrected chi connectivity index (χ3v) is 5.92. The highest BCUT2D eigenvalue weighted by Crippen LogP contribution is 2.40. The zero-order chi connectivity index (χ0) is 14.3. The van der Waals surface area contributed by atoms with Crippen LogP contribution in [0.1, 0.15) is 36.5 Å². The van der Waals surface area contributed by atoms with Gasteiger partial charge in [-0.2, -0.15) is 9.40 Å². The number of esters is 1. The van der Waals surface area contributed by atoms with E-state index in [0.29, 0.717) is 12.5 Å². The van der Waals surface area contributed by atoms with Crippen LogP contribution in [0.5, 0.6) is 0 Å². The van der Waals surface area contributed by atoms with Crippen molar-refractivity contribution in [1.82, 2.24) is 14.5 Å². The van der Waals surface area contributed by atoms with E-state index >= 15 is 0 Å². The summed E-state index contributed by atoms with van der Waals surface area (Å²) in [6.45, 7) is 2.40. The average Bonchev–Trinajstić information content (AvgIpc) is 3.14. The quantitative estimate of drug-likeness (QED) is 0.829. The van der Waals surface area contributed by atoms with Crippen molar-refractivity contribution in [3.8, 4) is 0 Å². The van der Waals surface area contributed by atoms with E-state index < -0.39 is 16.0 Å². The molecule has 110 valence electrons. The first kappa shape index (κ1) is 13.6. The molecule has 1 saturated heterocycles. The van der Waals surface area contributed by atoms with Gasteiger partial charge in [0.1, 0.15) is 5.56 Å². The summed E-state index contributed by atoms with van der Waals surface area (Å²) in [7, 11) is -3.71. The van der Waals surface area contributed by atoms with Crippen molar-refractivity contribution in [1.29, 1.82) is 0 Å². The largest absolute Gasteiger partial charge is 0.462 e. The number of nitrogens with one attached hydrogen (secondary N) is 1. The summed E-state index contributed by atoms with van der Waals surface area (Å²) in [4.78, 5) is 11.8. The van der Waals surface area contributed by atoms with Crippen LogP contribution in [-0.2, 0) is 14.8 Å². The van der Waals surface area contributed by atoms with E-state index in [-0.39, 0.29) is 23.2 Å². The van der Waals surface area contributed by atoms with Crippen LogP contribution >= 0.6 is 0 Å². The second kappa shape index (κ2) is 4.85. The molecule has 0 spiro atoms. The number of ether oxygens (including phenoxy) is 1. The number of piperidine rings is 1. The lowest BCUT2D eigenvalue weighted by Gasteiger charge is -2.25. The first-order valence-electron chi connectivity index (χ1n) is 6.76. The van der Waals surface area contributed by atoms with Crippen LogP contribution in [0.3, 0.4) is 0 Å². The molecule has 2 fully saturated rings. The molecule has 8 heteroatoms. The van der Waals surface area contributed by atoms with Crippen molar-refractivity contribution in [3.05, 3.63) is 11.8 Å². The first-order chi connectivity index (χ1) is 9.54. The van der Waals surface area contributed by atoms with Gasteiger partial charge in [-0.25, -0.2) is 13.2 Å². The Bertz CT molecular complexity index is 624. The van der Waals surface area contributed by atoms with Gasteiger partial charge in [0.2, 0.25) is 0 Å². The minimum Gasteiger partial charge on any atom is -0.462 e. The zero-order valence-electron chi connectivity index (χ0n) is 11.2. The number of sulfonamides is 1. The fourth-order valence-electron chi connectivity index (χ4n) is 3.12. The van der Waals surface area contributed by atoms with E-state index in [2.05, 4.69) is 10.2 Å². The second-order valence-corrected chi connectivity index (χ2v) is 7.07. The van der Waals surface area contributed by atoms with Gasteiger partial charge in [-0.3, -0.25) is 5.10 Å². The highest BCUT2D eigenvalue weighted by Gasteiger charge is 2.45. The smallest absolute Gasteiger partial charge is 0.342 e. The molecular formula is C12H17N3O4S. The van der Waals surface area contributed by atoms with Gasteiger partial charge in [-0.15, -0.1) is 0 Å². The molecule has 1 N–H and O–H groups in total. The Hall–Kier alpha value is -1.41. The number of aromatic nitrogens is 2. The van der Waals surface area contributed by atoms with Crippen LogP contribution in [0, 0.1) is 5.92 Å². The molecule has 2 heterocycles. The Labute approximate surface area is 117 Å². The Morgan fingerprint density at radius 1 is 1.55 bits per heavy atom. The minimum absolute atomic E-state index is 0.0189. The van der Waals surface area contributed by atoms with Gasteiger partial charge in [0.25, 0.3) is 10.0 Å². The summed E-state index contributed by atoms with van der Waals surface area (Å²) >= 11 is 0. The molecule has 0 amide bonds. The van der Waals surface area contributed by atoms with Crippen LogP contribution in [0.15, 0.2) is 11.2 Å². The van der Waals surface area contributed by atoms with Gasteiger partial charge in [0.05, 0.1) is 12.8 Å². The predicted molar refractivity (Wildman–Crippen MR) is 69.6 cm³/mol. The maximum atomic E-state index is 12.7. The first-order valence-corrected chi connectivity index (χ1v) is 8.20. The highest BCUT2D eigenvalue weighted by atomic mass is 32.2. The van der Waals surface area contributed by atoms with Crippen molar-refractivity contribution in [2.75, 3.05) is 13.2 Å². The monoisotopic (exact) mass is 299 g/mol. The van der Waals surface area contributed by atoms with Gasteiger partial charge in [-0.05, 0) is 32.1 Å². The molecule has 0 radical (unpaired) electrons. The third-order valence-electron chi connectivity index (χ3n) is 4.03. The SMILES string of the molecule is CCOC(=O)c1cn[nH]c1S(=O)(=O)N1CC2CCC1C2. The number of hydrogen-bond donors (Lipinski definition) is 1. The maximum Gasteiger partial charge on any atom is 0.342 e. The molecule has 2 unspecified atom stereocenters. The van der Waals surface area contributed by atoms with Crippen LogP contribution in [-0.4, -0.2) is 48.1 Å². The third kappa shape index (κ3) is 2.03. The Kier molecular flexibility index (Phi) is 3.29. The minimum atomic E-state index is -3.71. The summed E-state index contributed by atoms with van der Waals surface area (Å²) in [5.41, 5.74) is -0.0189. The molecule has 20 heavy (non-hydrogen) atoms. The van der Waals surface area contributed by atoms with Crippen molar-refractivity contribution >= 4 is 16.0 Å². The number of carbonyl (C=O) groups is 1. The predicted octanol–water partition coefficient (Wildman–Crippen LogP) is 0.759. The number of aromatic amines is 1. The van der Waals surface area contributed by atoms with E-state index in [4.69, 9.17) is 4.74 Å². The van der Waals surface area contributed by atoms with Gasteiger partial charge >= 0.3 is 5.97 Å². The molecule has 2 atom stereocenters. The van der Waals surface area contributed by atoms with Gasteiger partial charge in [0, 0.05) is 12.6 Å². The highest BCUT2D eigenvalue weighted by molar-refractivity contribution is 7.89. The van der Waals surface area contributed by atoms with Crippen molar-refractivity contribution in [3.63, 3.8) is 0 Å². The molecule has 1 aromatic rings. The fraction of sp³-hybridized carbons (Fsp3) is 0.667. The number of H-pyrrole nitrogens is 1. The summed E-state index contributed by atoms with van der Waals surface area (Å²) < 4.78 is 31.7. The van der Waals surface area contributed by atoms with E-state index in [0.717, 1.165) is 19.3 Å². The topological polar surface area (TPSA) is 92.4 Å². The molecule has 7 nitrogen and oxygen atoms in total. The van der Waals surface area contributed by atoms with Gasteiger partial charge in [-0.1, -0.05) is 0 Å². The number of fused-ring (bicyclic) bond motifs is 2. The number of rotatable bonds is 4. The van der Waals surface area contributed by atoms with E-state index in [9.17, 15) is 13.2 Å². The number of carbonyl (C=O) groups excluding carboxylic acids is 1. The molecule has 0 aromatic carbocycles. The molecule has 1 aromatic heterocycles. The lowest BCUT2D eigenvalue weighted by molar-refractivity contribution is 0.0521. The molecule has 3 rings (SSSR count). The summed E-state index contributed by atoms with van der Waals surface area (Å²) in [6, 6.07) is 0.0587. The molecule has 2 aliphatic rings. The fourth-order valence-corrected chi connectivity index (χ4v) is 4.92.